The minimum absolute atomic E-state index is 0.215. The van der Waals surface area contributed by atoms with Gasteiger partial charge in [-0.05, 0) is 43.9 Å². The van der Waals surface area contributed by atoms with Crippen molar-refractivity contribution in [2.24, 2.45) is 11.7 Å². The normalized spacial score (nSPS) is 18.4. The Morgan fingerprint density at radius 1 is 1.47 bits per heavy atom. The van der Waals surface area contributed by atoms with Gasteiger partial charge in [0, 0.05) is 24.3 Å². The summed E-state index contributed by atoms with van der Waals surface area (Å²) in [6.45, 7) is 3.49. The molecule has 3 N–H and O–H groups in total. The quantitative estimate of drug-likeness (QED) is 0.833. The number of benzene rings is 1. The lowest BCUT2D eigenvalue weighted by molar-refractivity contribution is 0.110. The first-order valence-corrected chi connectivity index (χ1v) is 6.92. The van der Waals surface area contributed by atoms with Crippen molar-refractivity contribution in [2.45, 2.75) is 25.9 Å². The van der Waals surface area contributed by atoms with Crippen molar-refractivity contribution >= 4 is 22.9 Å². The van der Waals surface area contributed by atoms with Gasteiger partial charge in [0.15, 0.2) is 0 Å². The van der Waals surface area contributed by atoms with Crippen LogP contribution in [0.2, 0.25) is 0 Å². The molecule has 1 aromatic rings. The summed E-state index contributed by atoms with van der Waals surface area (Å²) >= 11 is 4.99. The summed E-state index contributed by atoms with van der Waals surface area (Å²) in [4.78, 5) is 2.37. The van der Waals surface area contributed by atoms with Crippen molar-refractivity contribution in [3.05, 3.63) is 29.6 Å². The van der Waals surface area contributed by atoms with Crippen molar-refractivity contribution in [1.29, 1.82) is 0 Å². The fraction of sp³-hybridized carbons (Fsp3) is 0.500. The second-order valence-corrected chi connectivity index (χ2v) is 5.53. The van der Waals surface area contributed by atoms with E-state index in [9.17, 15) is 9.50 Å². The molecule has 3 nitrogen and oxygen atoms in total. The molecular weight excluding hydrogens is 263 g/mol. The first-order valence-electron chi connectivity index (χ1n) is 6.51. The lowest BCUT2D eigenvalue weighted by atomic mass is 9.91. The van der Waals surface area contributed by atoms with Gasteiger partial charge in [0.1, 0.15) is 10.8 Å². The van der Waals surface area contributed by atoms with Gasteiger partial charge in [-0.1, -0.05) is 12.2 Å². The van der Waals surface area contributed by atoms with Crippen LogP contribution < -0.4 is 10.6 Å². The lowest BCUT2D eigenvalue weighted by Crippen LogP contribution is -2.38. The molecule has 1 saturated heterocycles. The Hall–Kier alpha value is -1.20. The van der Waals surface area contributed by atoms with Gasteiger partial charge in [0.05, 0.1) is 6.10 Å². The number of piperidine rings is 1. The number of halogens is 1. The predicted molar refractivity (Wildman–Crippen MR) is 78.9 cm³/mol. The molecule has 1 fully saturated rings. The number of hydrogen-bond donors (Lipinski definition) is 2. The standard InChI is InChI=1S/C14H19FN2OS/c1-9(18)10-4-6-17(7-5-10)13-3-2-11(15)8-12(13)14(16)19/h2-3,8-10,18H,4-7H2,1H3,(H2,16,19). The van der Waals surface area contributed by atoms with E-state index in [1.165, 1.54) is 12.1 Å². The maximum atomic E-state index is 13.3. The third-order valence-corrected chi connectivity index (χ3v) is 4.01. The van der Waals surface area contributed by atoms with Crippen molar-refractivity contribution in [2.75, 3.05) is 18.0 Å². The number of rotatable bonds is 3. The van der Waals surface area contributed by atoms with Gasteiger partial charge in [-0.3, -0.25) is 0 Å². The Balaban J connectivity index is 2.17. The topological polar surface area (TPSA) is 49.5 Å². The molecule has 19 heavy (non-hydrogen) atoms. The Labute approximate surface area is 118 Å². The molecule has 0 saturated carbocycles. The SMILES string of the molecule is CC(O)C1CCN(c2ccc(F)cc2C(N)=S)CC1. The number of aliphatic hydroxyl groups excluding tert-OH is 1. The number of hydrogen-bond acceptors (Lipinski definition) is 3. The average molecular weight is 282 g/mol. The summed E-state index contributed by atoms with van der Waals surface area (Å²) in [5.41, 5.74) is 7.14. The van der Waals surface area contributed by atoms with Crippen LogP contribution in [0.5, 0.6) is 0 Å². The molecule has 1 heterocycles. The monoisotopic (exact) mass is 282 g/mol. The van der Waals surface area contributed by atoms with E-state index in [0.29, 0.717) is 11.5 Å². The molecule has 0 aromatic heterocycles. The second-order valence-electron chi connectivity index (χ2n) is 5.09. The second kappa shape index (κ2) is 5.84. The minimum atomic E-state index is -0.328. The Morgan fingerprint density at radius 3 is 2.63 bits per heavy atom. The van der Waals surface area contributed by atoms with Gasteiger partial charge >= 0.3 is 0 Å². The van der Waals surface area contributed by atoms with E-state index >= 15 is 0 Å². The molecule has 0 bridgehead atoms. The molecule has 1 aromatic carbocycles. The zero-order valence-electron chi connectivity index (χ0n) is 11.0. The molecule has 5 heteroatoms. The first kappa shape index (κ1) is 14.2. The third-order valence-electron chi connectivity index (χ3n) is 3.79. The molecule has 0 aliphatic carbocycles. The molecule has 0 radical (unpaired) electrons. The number of anilines is 1. The highest BCUT2D eigenvalue weighted by Crippen LogP contribution is 2.28. The summed E-state index contributed by atoms with van der Waals surface area (Å²) in [7, 11) is 0. The highest BCUT2D eigenvalue weighted by Gasteiger charge is 2.24. The number of thiocarbonyl (C=S) groups is 1. The van der Waals surface area contributed by atoms with Crippen molar-refractivity contribution < 1.29 is 9.50 Å². The number of nitrogens with zero attached hydrogens (tertiary/aromatic N) is 1. The van der Waals surface area contributed by atoms with Crippen molar-refractivity contribution in [3.63, 3.8) is 0 Å². The smallest absolute Gasteiger partial charge is 0.124 e. The van der Waals surface area contributed by atoms with E-state index in [0.717, 1.165) is 31.6 Å². The van der Waals surface area contributed by atoms with Crippen LogP contribution >= 0.6 is 12.2 Å². The molecule has 1 unspecified atom stereocenters. The first-order chi connectivity index (χ1) is 8.99. The summed E-state index contributed by atoms with van der Waals surface area (Å²) in [5, 5.41) is 9.60. The molecule has 0 spiro atoms. The summed E-state index contributed by atoms with van der Waals surface area (Å²) < 4.78 is 13.3. The average Bonchev–Trinajstić information content (AvgIpc) is 2.38. The van der Waals surface area contributed by atoms with Crippen LogP contribution in [-0.4, -0.2) is 29.3 Å². The van der Waals surface area contributed by atoms with Crippen molar-refractivity contribution in [3.8, 4) is 0 Å². The fourth-order valence-corrected chi connectivity index (χ4v) is 2.77. The Morgan fingerprint density at radius 2 is 2.11 bits per heavy atom. The molecular formula is C14H19FN2OS. The van der Waals surface area contributed by atoms with E-state index < -0.39 is 0 Å². The largest absolute Gasteiger partial charge is 0.393 e. The number of aliphatic hydroxyl groups is 1. The van der Waals surface area contributed by atoms with Gasteiger partial charge in [-0.2, -0.15) is 0 Å². The summed E-state index contributed by atoms with van der Waals surface area (Å²) in [6.07, 6.45) is 1.57. The Kier molecular flexibility index (Phi) is 4.37. The van der Waals surface area contributed by atoms with Gasteiger partial charge in [-0.15, -0.1) is 0 Å². The maximum Gasteiger partial charge on any atom is 0.124 e. The van der Waals surface area contributed by atoms with Gasteiger partial charge in [-0.25, -0.2) is 4.39 Å². The van der Waals surface area contributed by atoms with Crippen LogP contribution in [-0.2, 0) is 0 Å². The molecule has 1 atom stereocenters. The van der Waals surface area contributed by atoms with Crippen LogP contribution in [0.15, 0.2) is 18.2 Å². The zero-order valence-corrected chi connectivity index (χ0v) is 11.8. The minimum Gasteiger partial charge on any atom is -0.393 e. The molecule has 104 valence electrons. The molecule has 1 aliphatic heterocycles. The number of nitrogens with two attached hydrogens (primary N) is 1. The van der Waals surface area contributed by atoms with Gasteiger partial charge < -0.3 is 15.7 Å². The van der Waals surface area contributed by atoms with E-state index in [1.807, 2.05) is 6.92 Å². The van der Waals surface area contributed by atoms with Crippen LogP contribution in [0, 0.1) is 11.7 Å². The van der Waals surface area contributed by atoms with Gasteiger partial charge in [0.25, 0.3) is 0 Å². The highest BCUT2D eigenvalue weighted by atomic mass is 32.1. The van der Waals surface area contributed by atoms with Gasteiger partial charge in [0.2, 0.25) is 0 Å². The van der Waals surface area contributed by atoms with E-state index in [-0.39, 0.29) is 16.9 Å². The highest BCUT2D eigenvalue weighted by molar-refractivity contribution is 7.80. The lowest BCUT2D eigenvalue weighted by Gasteiger charge is -2.35. The molecule has 1 aliphatic rings. The summed E-state index contributed by atoms with van der Waals surface area (Å²) in [6, 6.07) is 4.54. The fourth-order valence-electron chi connectivity index (χ4n) is 2.60. The van der Waals surface area contributed by atoms with E-state index in [1.54, 1.807) is 6.07 Å². The molecule has 2 rings (SSSR count). The molecule has 0 amide bonds. The maximum absolute atomic E-state index is 13.3. The Bertz CT molecular complexity index is 471. The van der Waals surface area contributed by atoms with Crippen molar-refractivity contribution in [1.82, 2.24) is 0 Å². The van der Waals surface area contributed by atoms with Crippen LogP contribution in [0.4, 0.5) is 10.1 Å². The predicted octanol–water partition coefficient (Wildman–Crippen LogP) is 2.06. The zero-order chi connectivity index (χ0) is 14.0. The van der Waals surface area contributed by atoms with E-state index in [2.05, 4.69) is 4.90 Å². The van der Waals surface area contributed by atoms with Crippen LogP contribution in [0.1, 0.15) is 25.3 Å². The third kappa shape index (κ3) is 3.22. The van der Waals surface area contributed by atoms with Crippen LogP contribution in [0.25, 0.3) is 0 Å². The van der Waals surface area contributed by atoms with Crippen LogP contribution in [0.3, 0.4) is 0 Å². The summed E-state index contributed by atoms with van der Waals surface area (Å²) in [5.74, 6) is 0.00962. The van der Waals surface area contributed by atoms with E-state index in [4.69, 9.17) is 18.0 Å².